The molecule has 0 atom stereocenters. The Balaban J connectivity index is 1.61. The number of fused-ring (bicyclic) bond motifs is 2. The summed E-state index contributed by atoms with van der Waals surface area (Å²) in [7, 11) is 0. The molecule has 2 aromatic carbocycles. The molecule has 1 aliphatic heterocycles. The van der Waals surface area contributed by atoms with Gasteiger partial charge in [-0.15, -0.1) is 0 Å². The van der Waals surface area contributed by atoms with E-state index in [4.69, 9.17) is 0 Å². The van der Waals surface area contributed by atoms with Gasteiger partial charge in [-0.3, -0.25) is 14.3 Å². The number of hydrogen-bond acceptors (Lipinski definition) is 4. The zero-order valence-electron chi connectivity index (χ0n) is 24.5. The average Bonchev–Trinajstić information content (AvgIpc) is 3.31. The number of amides is 2. The number of benzene rings is 2. The first-order valence-electron chi connectivity index (χ1n) is 14.7. The van der Waals surface area contributed by atoms with Crippen LogP contribution in [0.1, 0.15) is 58.9 Å². The van der Waals surface area contributed by atoms with Crippen LogP contribution in [-0.4, -0.2) is 64.1 Å². The molecule has 0 bridgehead atoms. The van der Waals surface area contributed by atoms with Crippen molar-refractivity contribution in [1.29, 1.82) is 0 Å². The summed E-state index contributed by atoms with van der Waals surface area (Å²) < 4.78 is 16.4. The molecule has 0 aliphatic carbocycles. The molecular weight excluding hydrogens is 505 g/mol. The average molecular weight is 550 g/mol. The Morgan fingerprint density at radius 3 is 2.42 bits per heavy atom. The first kappa shape index (κ1) is 29.7. The monoisotopic (exact) mass is 549 g/mol. The van der Waals surface area contributed by atoms with E-state index in [1.807, 2.05) is 58.8 Å². The molecule has 0 N–H and O–H groups in total. The molecular formula is C32H44FN5O2. The van der Waals surface area contributed by atoms with E-state index >= 15 is 0 Å². The highest BCUT2D eigenvalue weighted by Crippen LogP contribution is 2.26. The van der Waals surface area contributed by atoms with Crippen molar-refractivity contribution in [2.24, 2.45) is 11.8 Å². The molecule has 1 aliphatic rings. The topological polar surface area (TPSA) is 61.7 Å². The second kappa shape index (κ2) is 13.9. The van der Waals surface area contributed by atoms with E-state index in [2.05, 4.69) is 23.8 Å². The van der Waals surface area contributed by atoms with Crippen molar-refractivity contribution in [3.8, 4) is 0 Å². The molecule has 0 unspecified atom stereocenters. The van der Waals surface area contributed by atoms with Crippen LogP contribution in [0.5, 0.6) is 0 Å². The number of carbonyl (C=O) groups excluding carboxylic acids is 2. The van der Waals surface area contributed by atoms with Gasteiger partial charge in [0.1, 0.15) is 5.82 Å². The Labute approximate surface area is 237 Å². The lowest BCUT2D eigenvalue weighted by Crippen LogP contribution is -2.40. The van der Waals surface area contributed by atoms with Gasteiger partial charge in [-0.1, -0.05) is 45.9 Å². The van der Waals surface area contributed by atoms with Gasteiger partial charge in [0.15, 0.2) is 0 Å². The highest BCUT2D eigenvalue weighted by atomic mass is 19.1. The highest BCUT2D eigenvalue weighted by molar-refractivity contribution is 5.94. The third-order valence-corrected chi connectivity index (χ3v) is 7.40. The lowest BCUT2D eigenvalue weighted by Gasteiger charge is -2.32. The second-order valence-electron chi connectivity index (χ2n) is 11.8. The summed E-state index contributed by atoms with van der Waals surface area (Å²) in [5.74, 6) is 0.422. The summed E-state index contributed by atoms with van der Waals surface area (Å²) >= 11 is 0. The van der Waals surface area contributed by atoms with Gasteiger partial charge in [-0.25, -0.2) is 4.39 Å². The molecule has 2 heterocycles. The van der Waals surface area contributed by atoms with Crippen LogP contribution in [0, 0.1) is 17.7 Å². The Morgan fingerprint density at radius 1 is 0.925 bits per heavy atom. The smallest absolute Gasteiger partial charge is 0.227 e. The van der Waals surface area contributed by atoms with Crippen LogP contribution >= 0.6 is 0 Å². The van der Waals surface area contributed by atoms with Gasteiger partial charge < -0.3 is 14.7 Å². The van der Waals surface area contributed by atoms with Crippen molar-refractivity contribution in [3.63, 3.8) is 0 Å². The molecule has 3 aromatic rings. The fourth-order valence-corrected chi connectivity index (χ4v) is 5.59. The van der Waals surface area contributed by atoms with E-state index in [0.29, 0.717) is 49.6 Å². The number of halogens is 1. The molecule has 0 saturated heterocycles. The zero-order valence-corrected chi connectivity index (χ0v) is 24.5. The SMILES string of the molecule is CC(C)CC(=O)N1CCCN(CC(C)C)CCCN(C(=O)CCn2ncc3ccccc32)Cc2cc(F)ccc21. The summed E-state index contributed by atoms with van der Waals surface area (Å²) in [4.78, 5) is 33.2. The van der Waals surface area contributed by atoms with E-state index < -0.39 is 0 Å². The minimum absolute atomic E-state index is 0.00215. The predicted octanol–water partition coefficient (Wildman–Crippen LogP) is 5.73. The van der Waals surface area contributed by atoms with Gasteiger partial charge in [-0.05, 0) is 67.6 Å². The normalized spacial score (nSPS) is 15.8. The summed E-state index contributed by atoms with van der Waals surface area (Å²) in [6.07, 6.45) is 4.22. The maximum atomic E-state index is 14.6. The van der Waals surface area contributed by atoms with Crippen LogP contribution in [0.3, 0.4) is 0 Å². The van der Waals surface area contributed by atoms with E-state index in [9.17, 15) is 14.0 Å². The number of para-hydroxylation sites is 1. The molecule has 2 amide bonds. The first-order valence-corrected chi connectivity index (χ1v) is 14.7. The molecule has 0 spiro atoms. The fourth-order valence-electron chi connectivity index (χ4n) is 5.59. The minimum atomic E-state index is -0.361. The van der Waals surface area contributed by atoms with Crippen molar-refractivity contribution in [3.05, 3.63) is 60.0 Å². The molecule has 1 aromatic heterocycles. The Hall–Kier alpha value is -3.26. The van der Waals surface area contributed by atoms with Crippen molar-refractivity contribution in [2.45, 2.75) is 66.5 Å². The van der Waals surface area contributed by atoms with Crippen LogP contribution in [0.2, 0.25) is 0 Å². The van der Waals surface area contributed by atoms with E-state index in [0.717, 1.165) is 43.4 Å². The number of carbonyl (C=O) groups is 2. The van der Waals surface area contributed by atoms with Crippen LogP contribution in [0.4, 0.5) is 10.1 Å². The maximum Gasteiger partial charge on any atom is 0.227 e. The van der Waals surface area contributed by atoms with Gasteiger partial charge >= 0.3 is 0 Å². The molecule has 40 heavy (non-hydrogen) atoms. The summed E-state index contributed by atoms with van der Waals surface area (Å²) in [6, 6.07) is 12.6. The second-order valence-corrected chi connectivity index (χ2v) is 11.8. The van der Waals surface area contributed by atoms with Crippen LogP contribution in [0.15, 0.2) is 48.7 Å². The van der Waals surface area contributed by atoms with Crippen LogP contribution in [0.25, 0.3) is 10.9 Å². The van der Waals surface area contributed by atoms with Crippen molar-refractivity contribution >= 4 is 28.4 Å². The van der Waals surface area contributed by atoms with Gasteiger partial charge in [0.2, 0.25) is 11.8 Å². The third kappa shape index (κ3) is 7.90. The molecule has 0 fully saturated rings. The fraction of sp³-hybridized carbons (Fsp3) is 0.531. The third-order valence-electron chi connectivity index (χ3n) is 7.40. The standard InChI is InChI=1S/C32H44FN5O2/c1-24(2)19-32(40)37-17-8-15-35(22-25(3)4)14-7-16-36(23-27-20-28(33)11-12-29(27)37)31(39)13-18-38-30-10-6-5-9-26(30)21-34-38/h5-6,9-12,20-21,24-25H,7-8,13-19,22-23H2,1-4H3. The van der Waals surface area contributed by atoms with E-state index in [1.54, 1.807) is 6.07 Å². The van der Waals surface area contributed by atoms with Crippen molar-refractivity contribution in [2.75, 3.05) is 37.6 Å². The molecule has 7 nitrogen and oxygen atoms in total. The summed E-state index contributed by atoms with van der Waals surface area (Å²) in [5.41, 5.74) is 2.38. The van der Waals surface area contributed by atoms with Gasteiger partial charge in [0.05, 0.1) is 18.3 Å². The van der Waals surface area contributed by atoms with Gasteiger partial charge in [0.25, 0.3) is 0 Å². The number of nitrogens with zero attached hydrogens (tertiary/aromatic N) is 5. The Morgan fingerprint density at radius 2 is 1.68 bits per heavy atom. The van der Waals surface area contributed by atoms with Crippen LogP contribution in [-0.2, 0) is 22.7 Å². The minimum Gasteiger partial charge on any atom is -0.338 e. The highest BCUT2D eigenvalue weighted by Gasteiger charge is 2.24. The molecule has 0 radical (unpaired) electrons. The Bertz CT molecular complexity index is 1290. The predicted molar refractivity (Wildman–Crippen MR) is 158 cm³/mol. The maximum absolute atomic E-state index is 14.6. The molecule has 0 saturated carbocycles. The quantitative estimate of drug-likeness (QED) is 0.378. The lowest BCUT2D eigenvalue weighted by molar-refractivity contribution is -0.132. The summed E-state index contributed by atoms with van der Waals surface area (Å²) in [5, 5.41) is 5.52. The largest absolute Gasteiger partial charge is 0.338 e. The van der Waals surface area contributed by atoms with E-state index in [1.165, 1.54) is 12.1 Å². The van der Waals surface area contributed by atoms with Gasteiger partial charge in [0, 0.05) is 50.1 Å². The molecule has 216 valence electrons. The zero-order chi connectivity index (χ0) is 28.6. The van der Waals surface area contributed by atoms with Crippen LogP contribution < -0.4 is 4.90 Å². The Kier molecular flexibility index (Phi) is 10.3. The number of hydrogen-bond donors (Lipinski definition) is 0. The van der Waals surface area contributed by atoms with Crippen molar-refractivity contribution < 1.29 is 14.0 Å². The molecule has 8 heteroatoms. The van der Waals surface area contributed by atoms with E-state index in [-0.39, 0.29) is 30.1 Å². The number of anilines is 1. The lowest BCUT2D eigenvalue weighted by atomic mass is 10.1. The molecule has 4 rings (SSSR count). The number of rotatable bonds is 7. The van der Waals surface area contributed by atoms with Gasteiger partial charge in [-0.2, -0.15) is 5.10 Å². The first-order chi connectivity index (χ1) is 19.2. The number of aryl methyl sites for hydroxylation is 1. The number of aromatic nitrogens is 2. The summed E-state index contributed by atoms with van der Waals surface area (Å²) in [6.45, 7) is 13.1. The van der Waals surface area contributed by atoms with Crippen molar-refractivity contribution in [1.82, 2.24) is 19.6 Å².